The maximum absolute atomic E-state index is 12.3. The zero-order valence-corrected chi connectivity index (χ0v) is 13.4. The molecule has 1 aliphatic rings. The molecule has 5 heteroatoms. The first-order chi connectivity index (χ1) is 10.0. The van der Waals surface area contributed by atoms with Gasteiger partial charge in [0.25, 0.3) is 5.91 Å². The van der Waals surface area contributed by atoms with E-state index in [-0.39, 0.29) is 11.9 Å². The summed E-state index contributed by atoms with van der Waals surface area (Å²) in [4.78, 5) is 14.8. The molecule has 1 aromatic rings. The van der Waals surface area contributed by atoms with E-state index in [1.165, 1.54) is 12.8 Å². The highest BCUT2D eigenvalue weighted by Gasteiger charge is 2.20. The van der Waals surface area contributed by atoms with Gasteiger partial charge in [0.15, 0.2) is 0 Å². The third-order valence-corrected chi connectivity index (χ3v) is 4.36. The molecule has 5 nitrogen and oxygen atoms in total. The standard InChI is InChI=1S/C16H28N4O/c1-4-19-7-5-13(6-8-19)10-18-16(21)15-9-14(17)11-20(15)12(2)3/h9,11-13H,4-8,10,17H2,1-3H3,(H,18,21). The van der Waals surface area contributed by atoms with Gasteiger partial charge in [0.05, 0.1) is 5.69 Å². The Labute approximate surface area is 127 Å². The number of carbonyl (C=O) groups is 1. The first-order valence-electron chi connectivity index (χ1n) is 7.99. The summed E-state index contributed by atoms with van der Waals surface area (Å²) in [6, 6.07) is 1.99. The van der Waals surface area contributed by atoms with E-state index in [4.69, 9.17) is 5.73 Å². The van der Waals surface area contributed by atoms with Crippen LogP contribution < -0.4 is 11.1 Å². The number of nitrogens with zero attached hydrogens (tertiary/aromatic N) is 2. The molecule has 1 fully saturated rings. The van der Waals surface area contributed by atoms with Gasteiger partial charge in [-0.05, 0) is 58.3 Å². The van der Waals surface area contributed by atoms with E-state index in [1.807, 2.05) is 10.8 Å². The van der Waals surface area contributed by atoms with Crippen molar-refractivity contribution in [3.63, 3.8) is 0 Å². The molecule has 0 unspecified atom stereocenters. The van der Waals surface area contributed by atoms with E-state index in [9.17, 15) is 4.79 Å². The van der Waals surface area contributed by atoms with Gasteiger partial charge >= 0.3 is 0 Å². The summed E-state index contributed by atoms with van der Waals surface area (Å²) < 4.78 is 1.93. The molecule has 0 aliphatic carbocycles. The maximum atomic E-state index is 12.3. The minimum atomic E-state index is -0.0154. The van der Waals surface area contributed by atoms with Crippen LogP contribution in [0.25, 0.3) is 0 Å². The van der Waals surface area contributed by atoms with E-state index in [2.05, 4.69) is 31.0 Å². The van der Waals surface area contributed by atoms with E-state index in [1.54, 1.807) is 6.07 Å². The van der Waals surface area contributed by atoms with Gasteiger partial charge in [-0.25, -0.2) is 0 Å². The summed E-state index contributed by atoms with van der Waals surface area (Å²) in [6.45, 7) is 10.5. The lowest BCUT2D eigenvalue weighted by molar-refractivity contribution is 0.0926. The van der Waals surface area contributed by atoms with Crippen LogP contribution in [0.5, 0.6) is 0 Å². The molecule has 1 aromatic heterocycles. The Morgan fingerprint density at radius 3 is 2.67 bits per heavy atom. The smallest absolute Gasteiger partial charge is 0.268 e. The highest BCUT2D eigenvalue weighted by molar-refractivity contribution is 5.93. The normalized spacial score (nSPS) is 17.3. The molecule has 0 radical (unpaired) electrons. The van der Waals surface area contributed by atoms with Crippen LogP contribution in [0.3, 0.4) is 0 Å². The number of nitrogens with one attached hydrogen (secondary N) is 1. The molecule has 2 heterocycles. The second-order valence-electron chi connectivity index (χ2n) is 6.25. The van der Waals surface area contributed by atoms with Crippen LogP contribution in [-0.2, 0) is 0 Å². The zero-order valence-electron chi connectivity index (χ0n) is 13.4. The molecule has 0 atom stereocenters. The Hall–Kier alpha value is -1.49. The van der Waals surface area contributed by atoms with Crippen molar-refractivity contribution in [3.8, 4) is 0 Å². The van der Waals surface area contributed by atoms with E-state index < -0.39 is 0 Å². The number of rotatable bonds is 5. The quantitative estimate of drug-likeness (QED) is 0.873. The van der Waals surface area contributed by atoms with Gasteiger partial charge in [-0.1, -0.05) is 6.92 Å². The number of carbonyl (C=O) groups excluding carboxylic acids is 1. The minimum absolute atomic E-state index is 0.0154. The van der Waals surface area contributed by atoms with Crippen molar-refractivity contribution in [2.45, 2.75) is 39.7 Å². The monoisotopic (exact) mass is 292 g/mol. The molecule has 118 valence electrons. The van der Waals surface area contributed by atoms with Crippen molar-refractivity contribution in [1.82, 2.24) is 14.8 Å². The summed E-state index contributed by atoms with van der Waals surface area (Å²) in [5, 5.41) is 3.08. The highest BCUT2D eigenvalue weighted by Crippen LogP contribution is 2.18. The summed E-state index contributed by atoms with van der Waals surface area (Å²) >= 11 is 0. The fraction of sp³-hybridized carbons (Fsp3) is 0.688. The maximum Gasteiger partial charge on any atom is 0.268 e. The molecule has 1 aliphatic heterocycles. The van der Waals surface area contributed by atoms with Gasteiger partial charge in [0.1, 0.15) is 5.69 Å². The van der Waals surface area contributed by atoms with Gasteiger partial charge in [0.2, 0.25) is 0 Å². The Bertz CT molecular complexity index is 473. The molecule has 0 saturated carbocycles. The van der Waals surface area contributed by atoms with Crippen molar-refractivity contribution in [2.75, 3.05) is 31.9 Å². The van der Waals surface area contributed by atoms with E-state index in [0.717, 1.165) is 26.2 Å². The van der Waals surface area contributed by atoms with Gasteiger partial charge in [-0.15, -0.1) is 0 Å². The number of aromatic nitrogens is 1. The zero-order chi connectivity index (χ0) is 15.4. The molecule has 1 amide bonds. The van der Waals surface area contributed by atoms with Gasteiger partial charge in [0, 0.05) is 18.8 Å². The summed E-state index contributed by atoms with van der Waals surface area (Å²) in [5.74, 6) is 0.579. The minimum Gasteiger partial charge on any atom is -0.397 e. The molecule has 0 spiro atoms. The van der Waals surface area contributed by atoms with Crippen LogP contribution in [0.4, 0.5) is 5.69 Å². The lowest BCUT2D eigenvalue weighted by atomic mass is 9.97. The summed E-state index contributed by atoms with van der Waals surface area (Å²) in [5.41, 5.74) is 7.12. The molecular weight excluding hydrogens is 264 g/mol. The third kappa shape index (κ3) is 4.00. The Morgan fingerprint density at radius 2 is 2.10 bits per heavy atom. The molecule has 21 heavy (non-hydrogen) atoms. The largest absolute Gasteiger partial charge is 0.397 e. The molecule has 1 saturated heterocycles. The van der Waals surface area contributed by atoms with E-state index >= 15 is 0 Å². The predicted octanol–water partition coefficient (Wildman–Crippen LogP) is 2.11. The topological polar surface area (TPSA) is 63.3 Å². The number of anilines is 1. The lowest BCUT2D eigenvalue weighted by Gasteiger charge is -2.31. The predicted molar refractivity (Wildman–Crippen MR) is 86.4 cm³/mol. The summed E-state index contributed by atoms with van der Waals surface area (Å²) in [7, 11) is 0. The number of piperidine rings is 1. The lowest BCUT2D eigenvalue weighted by Crippen LogP contribution is -2.38. The SMILES string of the molecule is CCN1CCC(CNC(=O)c2cc(N)cn2C(C)C)CC1. The van der Waals surface area contributed by atoms with Crippen LogP contribution in [0.1, 0.15) is 50.1 Å². The number of amides is 1. The van der Waals surface area contributed by atoms with Crippen molar-refractivity contribution >= 4 is 11.6 Å². The Kier molecular flexibility index (Phi) is 5.28. The second kappa shape index (κ2) is 6.98. The first kappa shape index (κ1) is 15.9. The molecule has 2 rings (SSSR count). The molecule has 0 aromatic carbocycles. The molecule has 3 N–H and O–H groups in total. The van der Waals surface area contributed by atoms with Gasteiger partial charge in [-0.3, -0.25) is 4.79 Å². The second-order valence-corrected chi connectivity index (χ2v) is 6.25. The third-order valence-electron chi connectivity index (χ3n) is 4.36. The average molecular weight is 292 g/mol. The number of nitrogens with two attached hydrogens (primary N) is 1. The van der Waals surface area contributed by atoms with Crippen molar-refractivity contribution in [2.24, 2.45) is 5.92 Å². The number of hydrogen-bond acceptors (Lipinski definition) is 3. The number of hydrogen-bond donors (Lipinski definition) is 2. The van der Waals surface area contributed by atoms with Gasteiger partial charge in [-0.2, -0.15) is 0 Å². The van der Waals surface area contributed by atoms with Crippen LogP contribution in [0, 0.1) is 5.92 Å². The van der Waals surface area contributed by atoms with Crippen LogP contribution in [-0.4, -0.2) is 41.6 Å². The molecule has 0 bridgehead atoms. The Morgan fingerprint density at radius 1 is 1.43 bits per heavy atom. The van der Waals surface area contributed by atoms with Crippen molar-refractivity contribution in [3.05, 3.63) is 18.0 Å². The number of likely N-dealkylation sites (tertiary alicyclic amines) is 1. The highest BCUT2D eigenvalue weighted by atomic mass is 16.1. The molecular formula is C16H28N4O. The van der Waals surface area contributed by atoms with Crippen molar-refractivity contribution in [1.29, 1.82) is 0 Å². The summed E-state index contributed by atoms with van der Waals surface area (Å²) in [6.07, 6.45) is 4.17. The van der Waals surface area contributed by atoms with E-state index in [0.29, 0.717) is 17.3 Å². The van der Waals surface area contributed by atoms with Crippen LogP contribution in [0.2, 0.25) is 0 Å². The fourth-order valence-electron chi connectivity index (χ4n) is 2.94. The average Bonchev–Trinajstić information content (AvgIpc) is 2.87. The van der Waals surface area contributed by atoms with Crippen LogP contribution >= 0.6 is 0 Å². The number of nitrogen functional groups attached to an aromatic ring is 1. The van der Waals surface area contributed by atoms with Crippen LogP contribution in [0.15, 0.2) is 12.3 Å². The first-order valence-corrected chi connectivity index (χ1v) is 7.99. The van der Waals surface area contributed by atoms with Crippen molar-refractivity contribution < 1.29 is 4.79 Å². The Balaban J connectivity index is 1.88. The fourth-order valence-corrected chi connectivity index (χ4v) is 2.94. The van der Waals surface area contributed by atoms with Gasteiger partial charge < -0.3 is 20.5 Å².